The highest BCUT2D eigenvalue weighted by Crippen LogP contribution is 2.38. The lowest BCUT2D eigenvalue weighted by Gasteiger charge is -2.12. The summed E-state index contributed by atoms with van der Waals surface area (Å²) >= 11 is 1.34. The van der Waals surface area contributed by atoms with E-state index in [-0.39, 0.29) is 11.5 Å². The van der Waals surface area contributed by atoms with Crippen molar-refractivity contribution in [1.29, 1.82) is 0 Å². The van der Waals surface area contributed by atoms with Gasteiger partial charge in [0.25, 0.3) is 0 Å². The molecule has 1 heterocycles. The molecule has 0 aliphatic heterocycles. The summed E-state index contributed by atoms with van der Waals surface area (Å²) in [6.07, 6.45) is 3.62. The lowest BCUT2D eigenvalue weighted by molar-refractivity contribution is -0.113. The average molecular weight is 422 g/mol. The highest BCUT2D eigenvalue weighted by molar-refractivity contribution is 7.92. The second-order valence-corrected chi connectivity index (χ2v) is 9.85. The summed E-state index contributed by atoms with van der Waals surface area (Å²) in [5.41, 5.74) is 2.24. The lowest BCUT2D eigenvalue weighted by Crippen LogP contribution is -2.23. The van der Waals surface area contributed by atoms with Crippen LogP contribution in [-0.2, 0) is 32.2 Å². The summed E-state index contributed by atoms with van der Waals surface area (Å²) in [6.45, 7) is 3.82. The van der Waals surface area contributed by atoms with E-state index in [1.807, 2.05) is 6.92 Å². The molecule has 1 aliphatic rings. The maximum atomic E-state index is 12.5. The first-order chi connectivity index (χ1) is 13.3. The molecule has 2 aromatic rings. The number of anilines is 1. The third-order valence-electron chi connectivity index (χ3n) is 4.61. The van der Waals surface area contributed by atoms with Crippen molar-refractivity contribution in [3.8, 4) is 0 Å². The second-order valence-electron chi connectivity index (χ2n) is 6.76. The molecule has 1 aliphatic carbocycles. The SMILES string of the molecule is CCOC(=O)c1c(NC(=O)CS(=O)(=O)c2ccc(C)cc2)sc2c1CCCC2. The van der Waals surface area contributed by atoms with E-state index in [4.69, 9.17) is 4.74 Å². The Kier molecular flexibility index (Phi) is 6.20. The number of ether oxygens (including phenoxy) is 1. The summed E-state index contributed by atoms with van der Waals surface area (Å²) in [5, 5.41) is 3.03. The summed E-state index contributed by atoms with van der Waals surface area (Å²) in [7, 11) is -3.77. The van der Waals surface area contributed by atoms with Gasteiger partial charge in [0.2, 0.25) is 5.91 Å². The largest absolute Gasteiger partial charge is 0.462 e. The third-order valence-corrected chi connectivity index (χ3v) is 7.44. The normalized spacial score (nSPS) is 13.6. The molecule has 0 saturated heterocycles. The van der Waals surface area contributed by atoms with Gasteiger partial charge in [-0.25, -0.2) is 13.2 Å². The van der Waals surface area contributed by atoms with E-state index < -0.39 is 27.5 Å². The fourth-order valence-electron chi connectivity index (χ4n) is 3.24. The Bertz CT molecular complexity index is 990. The van der Waals surface area contributed by atoms with Crippen LogP contribution in [0.15, 0.2) is 29.2 Å². The number of sulfone groups is 1. The molecule has 0 atom stereocenters. The van der Waals surface area contributed by atoms with Crippen LogP contribution in [-0.4, -0.2) is 32.7 Å². The van der Waals surface area contributed by atoms with Crippen molar-refractivity contribution in [2.75, 3.05) is 17.7 Å². The van der Waals surface area contributed by atoms with Gasteiger partial charge in [0, 0.05) is 4.88 Å². The van der Waals surface area contributed by atoms with Crippen molar-refractivity contribution in [1.82, 2.24) is 0 Å². The van der Waals surface area contributed by atoms with Crippen LogP contribution in [0.25, 0.3) is 0 Å². The first-order valence-electron chi connectivity index (χ1n) is 9.22. The lowest BCUT2D eigenvalue weighted by atomic mass is 9.95. The number of aryl methyl sites for hydroxylation is 2. The number of rotatable bonds is 6. The second kappa shape index (κ2) is 8.45. The van der Waals surface area contributed by atoms with Gasteiger partial charge >= 0.3 is 5.97 Å². The van der Waals surface area contributed by atoms with Crippen molar-refractivity contribution < 1.29 is 22.7 Å². The Balaban J connectivity index is 1.83. The molecule has 0 radical (unpaired) electrons. The van der Waals surface area contributed by atoms with Crippen molar-refractivity contribution in [3.63, 3.8) is 0 Å². The monoisotopic (exact) mass is 421 g/mol. The van der Waals surface area contributed by atoms with Gasteiger partial charge in [-0.15, -0.1) is 11.3 Å². The topological polar surface area (TPSA) is 89.5 Å². The number of nitrogens with one attached hydrogen (secondary N) is 1. The van der Waals surface area contributed by atoms with Gasteiger partial charge in [0.15, 0.2) is 9.84 Å². The molecule has 0 bridgehead atoms. The molecule has 150 valence electrons. The number of carbonyl (C=O) groups excluding carboxylic acids is 2. The average Bonchev–Trinajstić information content (AvgIpc) is 2.99. The van der Waals surface area contributed by atoms with E-state index >= 15 is 0 Å². The minimum absolute atomic E-state index is 0.101. The molecule has 0 spiro atoms. The van der Waals surface area contributed by atoms with Crippen LogP contribution in [0.3, 0.4) is 0 Å². The summed E-state index contributed by atoms with van der Waals surface area (Å²) in [5.74, 6) is -1.82. The molecule has 28 heavy (non-hydrogen) atoms. The molecule has 0 fully saturated rings. The number of hydrogen-bond acceptors (Lipinski definition) is 6. The molecule has 3 rings (SSSR count). The molecule has 1 aromatic heterocycles. The number of carbonyl (C=O) groups is 2. The predicted octanol–water partition coefficient (Wildman–Crippen LogP) is 3.52. The van der Waals surface area contributed by atoms with Crippen molar-refractivity contribution in [3.05, 3.63) is 45.8 Å². The molecule has 1 N–H and O–H groups in total. The van der Waals surface area contributed by atoms with Crippen molar-refractivity contribution >= 4 is 38.1 Å². The van der Waals surface area contributed by atoms with E-state index in [9.17, 15) is 18.0 Å². The molecular weight excluding hydrogens is 398 g/mol. The van der Waals surface area contributed by atoms with E-state index in [2.05, 4.69) is 5.32 Å². The molecular formula is C20H23NO5S2. The zero-order valence-electron chi connectivity index (χ0n) is 15.9. The predicted molar refractivity (Wildman–Crippen MR) is 109 cm³/mol. The van der Waals surface area contributed by atoms with Crippen LogP contribution in [0.4, 0.5) is 5.00 Å². The van der Waals surface area contributed by atoms with Crippen molar-refractivity contribution in [2.45, 2.75) is 44.4 Å². The highest BCUT2D eigenvalue weighted by atomic mass is 32.2. The van der Waals surface area contributed by atoms with Crippen LogP contribution in [0.5, 0.6) is 0 Å². The minimum Gasteiger partial charge on any atom is -0.462 e. The Morgan fingerprint density at radius 3 is 2.50 bits per heavy atom. The first kappa shape index (κ1) is 20.5. The Labute approximate surface area is 168 Å². The smallest absolute Gasteiger partial charge is 0.341 e. The number of thiophene rings is 1. The van der Waals surface area contributed by atoms with E-state index in [0.717, 1.165) is 41.7 Å². The Morgan fingerprint density at radius 2 is 1.82 bits per heavy atom. The van der Waals surface area contributed by atoms with Gasteiger partial charge in [-0.1, -0.05) is 17.7 Å². The summed E-state index contributed by atoms with van der Waals surface area (Å²) in [6, 6.07) is 6.37. The molecule has 6 nitrogen and oxygen atoms in total. The van der Waals surface area contributed by atoms with Gasteiger partial charge in [0.05, 0.1) is 17.1 Å². The third kappa shape index (κ3) is 4.44. The van der Waals surface area contributed by atoms with Crippen LogP contribution < -0.4 is 5.32 Å². The molecule has 1 amide bonds. The van der Waals surface area contributed by atoms with E-state index in [1.54, 1.807) is 19.1 Å². The first-order valence-corrected chi connectivity index (χ1v) is 11.7. The number of benzene rings is 1. The molecule has 0 saturated carbocycles. The Morgan fingerprint density at radius 1 is 1.14 bits per heavy atom. The van der Waals surface area contributed by atoms with Gasteiger partial charge in [-0.05, 0) is 57.2 Å². The van der Waals surface area contributed by atoms with Gasteiger partial charge in [0.1, 0.15) is 10.8 Å². The van der Waals surface area contributed by atoms with Gasteiger partial charge < -0.3 is 10.1 Å². The van der Waals surface area contributed by atoms with E-state index in [0.29, 0.717) is 10.6 Å². The number of amides is 1. The van der Waals surface area contributed by atoms with Crippen LogP contribution >= 0.6 is 11.3 Å². The zero-order valence-corrected chi connectivity index (χ0v) is 17.5. The molecule has 0 unspecified atom stereocenters. The van der Waals surface area contributed by atoms with Crippen LogP contribution in [0.1, 0.15) is 46.1 Å². The van der Waals surface area contributed by atoms with Crippen molar-refractivity contribution in [2.24, 2.45) is 0 Å². The standard InChI is InChI=1S/C20H23NO5S2/c1-3-26-20(23)18-15-6-4-5-7-16(15)27-19(18)21-17(22)12-28(24,25)14-10-8-13(2)9-11-14/h8-11H,3-7,12H2,1-2H3,(H,21,22). The summed E-state index contributed by atoms with van der Waals surface area (Å²) in [4.78, 5) is 26.1. The van der Waals surface area contributed by atoms with Gasteiger partial charge in [-0.3, -0.25) is 4.79 Å². The fourth-order valence-corrected chi connectivity index (χ4v) is 5.67. The van der Waals surface area contributed by atoms with Crippen LogP contribution in [0, 0.1) is 6.92 Å². The summed E-state index contributed by atoms with van der Waals surface area (Å²) < 4.78 is 30.2. The van der Waals surface area contributed by atoms with E-state index in [1.165, 1.54) is 23.5 Å². The Hall–Kier alpha value is -2.19. The maximum Gasteiger partial charge on any atom is 0.341 e. The fraction of sp³-hybridized carbons (Fsp3) is 0.400. The zero-order chi connectivity index (χ0) is 20.3. The number of esters is 1. The number of hydrogen-bond donors (Lipinski definition) is 1. The highest BCUT2D eigenvalue weighted by Gasteiger charge is 2.28. The van der Waals surface area contributed by atoms with Gasteiger partial charge in [-0.2, -0.15) is 0 Å². The molecule has 8 heteroatoms. The number of fused-ring (bicyclic) bond motifs is 1. The molecule has 1 aromatic carbocycles. The quantitative estimate of drug-likeness (QED) is 0.721. The maximum absolute atomic E-state index is 12.5. The van der Waals surface area contributed by atoms with Crippen LogP contribution in [0.2, 0.25) is 0 Å². The minimum atomic E-state index is -3.77.